The Balaban J connectivity index is 2.28. The number of alkyl carbamates (subject to hydrolysis) is 1. The second kappa shape index (κ2) is 5.77. The Morgan fingerprint density at radius 2 is 2.52 bits per heavy atom. The summed E-state index contributed by atoms with van der Waals surface area (Å²) in [6.07, 6.45) is -4.07. The summed E-state index contributed by atoms with van der Waals surface area (Å²) >= 11 is 0. The molecule has 112 valence electrons. The highest BCUT2D eigenvalue weighted by Crippen LogP contribution is 2.21. The minimum atomic E-state index is -3.74. The molecule has 0 bridgehead atoms. The molecule has 1 saturated heterocycles. The second-order valence-corrected chi connectivity index (χ2v) is 4.39. The van der Waals surface area contributed by atoms with Gasteiger partial charge >= 0.3 is 6.09 Å². The maximum Gasteiger partial charge on any atom is 0.407 e. The molecule has 0 radical (unpaired) electrons. The molecule has 1 aromatic heterocycles. The lowest BCUT2D eigenvalue weighted by atomic mass is 10.0. The number of carbonyl (C=O) groups is 1. The van der Waals surface area contributed by atoms with E-state index in [1.807, 2.05) is 0 Å². The molecule has 0 aliphatic carbocycles. The summed E-state index contributed by atoms with van der Waals surface area (Å²) in [6.45, 7) is -11.2. The molecule has 1 aromatic carbocycles. The number of fused-ring (bicyclic) bond motifs is 1. The van der Waals surface area contributed by atoms with Crippen LogP contribution in [0.4, 0.5) is 4.79 Å². The van der Waals surface area contributed by atoms with Crippen molar-refractivity contribution >= 4 is 17.0 Å². The van der Waals surface area contributed by atoms with Crippen molar-refractivity contribution in [1.82, 2.24) is 15.2 Å². The quantitative estimate of drug-likeness (QED) is 0.887. The predicted octanol–water partition coefficient (Wildman–Crippen LogP) is 1.92. The normalized spacial score (nSPS) is 31.7. The number of nitrogens with one attached hydrogen (secondary N) is 2. The molecule has 1 amide bonds. The lowest BCUT2D eigenvalue weighted by molar-refractivity contribution is 0.177. The third-order valence-corrected chi connectivity index (χ3v) is 2.87. The molecule has 1 fully saturated rings. The van der Waals surface area contributed by atoms with Crippen molar-refractivity contribution in [2.24, 2.45) is 0 Å². The SMILES string of the molecule is [2H]c1c(C[C@H]2COC(=O)N2[2H])c([2H])c2c(C([2H])([2H])C([2H])([2H])N(C([2H])([2H])[2H])C([2H])([2H])[2H])cn([2H])c2c1[2H]. The first-order chi connectivity index (χ1) is 16.2. The van der Waals surface area contributed by atoms with E-state index in [4.69, 9.17) is 25.4 Å². The van der Waals surface area contributed by atoms with Gasteiger partial charge in [0, 0.05) is 37.3 Å². The Labute approximate surface area is 145 Å². The van der Waals surface area contributed by atoms with Gasteiger partial charge in [0.1, 0.15) is 6.61 Å². The number of aromatic nitrogens is 1. The number of hydrogen-bond acceptors (Lipinski definition) is 3. The van der Waals surface area contributed by atoms with Crippen LogP contribution in [-0.2, 0) is 17.5 Å². The first-order valence-electron chi connectivity index (χ1n) is 13.4. The summed E-state index contributed by atoms with van der Waals surface area (Å²) < 4.78 is 124. The third-order valence-electron chi connectivity index (χ3n) is 2.87. The first-order valence-corrected chi connectivity index (χ1v) is 6.04. The van der Waals surface area contributed by atoms with E-state index < -0.39 is 78.5 Å². The van der Waals surface area contributed by atoms with E-state index >= 15 is 0 Å². The molecule has 1 aliphatic heterocycles. The number of H-pyrrole nitrogens is 1. The van der Waals surface area contributed by atoms with Gasteiger partial charge in [-0.15, -0.1) is 0 Å². The van der Waals surface area contributed by atoms with Crippen molar-refractivity contribution in [2.45, 2.75) is 18.8 Å². The number of benzene rings is 1. The van der Waals surface area contributed by atoms with E-state index in [-0.39, 0.29) is 18.6 Å². The van der Waals surface area contributed by atoms with Crippen LogP contribution in [0.25, 0.3) is 10.9 Å². The van der Waals surface area contributed by atoms with E-state index in [1.54, 1.807) is 0 Å². The van der Waals surface area contributed by atoms with Crippen LogP contribution in [0, 0.1) is 0 Å². The maximum absolute atomic E-state index is 11.5. The van der Waals surface area contributed by atoms with Crippen LogP contribution in [0.2, 0.25) is 2.82 Å². The summed E-state index contributed by atoms with van der Waals surface area (Å²) in [5.74, 6) is 0. The number of rotatable bonds is 5. The van der Waals surface area contributed by atoms with Crippen molar-refractivity contribution in [3.63, 3.8) is 0 Å². The van der Waals surface area contributed by atoms with Gasteiger partial charge in [0.2, 0.25) is 0 Å². The predicted molar refractivity (Wildman–Crippen MR) is 82.5 cm³/mol. The van der Waals surface area contributed by atoms with Gasteiger partial charge in [0.25, 0.3) is 0 Å². The van der Waals surface area contributed by atoms with Gasteiger partial charge in [-0.2, -0.15) is 0 Å². The van der Waals surface area contributed by atoms with Gasteiger partial charge in [0.05, 0.1) is 10.2 Å². The Morgan fingerprint density at radius 1 is 1.62 bits per heavy atom. The van der Waals surface area contributed by atoms with Crippen molar-refractivity contribution in [1.29, 1.82) is 0 Å². The molecule has 2 heterocycles. The van der Waals surface area contributed by atoms with Gasteiger partial charge < -0.3 is 19.9 Å². The highest BCUT2D eigenvalue weighted by Gasteiger charge is 2.22. The first kappa shape index (κ1) is 4.74. The van der Waals surface area contributed by atoms with Crippen LogP contribution in [-0.4, -0.2) is 49.1 Å². The zero-order chi connectivity index (χ0) is 27.8. The van der Waals surface area contributed by atoms with Crippen molar-refractivity contribution in [3.05, 3.63) is 35.5 Å². The van der Waals surface area contributed by atoms with E-state index in [9.17, 15) is 4.79 Å². The topological polar surface area (TPSA) is 57.4 Å². The lowest BCUT2D eigenvalue weighted by Gasteiger charge is -2.09. The fraction of sp³-hybridized carbons (Fsp3) is 0.438. The average molecular weight is 302 g/mol. The van der Waals surface area contributed by atoms with Crippen LogP contribution in [0.5, 0.6) is 0 Å². The number of nitrogens with zero attached hydrogens (tertiary/aromatic N) is 1. The smallest absolute Gasteiger partial charge is 0.407 e. The number of ether oxygens (including phenoxy) is 1. The summed E-state index contributed by atoms with van der Waals surface area (Å²) in [6, 6.07) is -2.75. The molecule has 21 heavy (non-hydrogen) atoms. The summed E-state index contributed by atoms with van der Waals surface area (Å²) in [7, 11) is 0. The number of cyclic esters (lactones) is 1. The van der Waals surface area contributed by atoms with Crippen LogP contribution in [0.3, 0.4) is 0 Å². The molecule has 3 rings (SSSR count). The van der Waals surface area contributed by atoms with Crippen molar-refractivity contribution in [2.75, 3.05) is 27.1 Å². The van der Waals surface area contributed by atoms with E-state index in [1.165, 1.54) is 0 Å². The highest BCUT2D eigenvalue weighted by molar-refractivity contribution is 5.84. The maximum atomic E-state index is 11.5. The van der Waals surface area contributed by atoms with Crippen molar-refractivity contribution < 1.29 is 30.2 Å². The zero-order valence-corrected chi connectivity index (χ0v) is 10.7. The van der Waals surface area contributed by atoms with Crippen molar-refractivity contribution in [3.8, 4) is 0 Å². The van der Waals surface area contributed by atoms with E-state index in [2.05, 4.69) is 0 Å². The molecule has 1 aliphatic rings. The summed E-state index contributed by atoms with van der Waals surface area (Å²) in [5.41, 5.74) is -1.46. The highest BCUT2D eigenvalue weighted by atomic mass is 16.6. The van der Waals surface area contributed by atoms with Crippen LogP contribution >= 0.6 is 0 Å². The third kappa shape index (κ3) is 3.19. The molecule has 0 saturated carbocycles. The number of carbonyl (C=O) groups excluding carboxylic acids is 1. The summed E-state index contributed by atoms with van der Waals surface area (Å²) in [5, 5.41) is -0.0289. The number of aromatic amines is 1. The number of amides is 1. The Hall–Kier alpha value is -2.01. The number of likely N-dealkylation sites (N-methyl/N-ethyl adjacent to an activating group) is 1. The van der Waals surface area contributed by atoms with Crippen LogP contribution < -0.4 is 5.31 Å². The second-order valence-electron chi connectivity index (χ2n) is 4.39. The molecule has 0 unspecified atom stereocenters. The van der Waals surface area contributed by atoms with Gasteiger partial charge in [-0.25, -0.2) is 4.79 Å². The molecule has 5 heteroatoms. The van der Waals surface area contributed by atoms with E-state index in [0.717, 1.165) is 0 Å². The van der Waals surface area contributed by atoms with Crippen LogP contribution in [0.15, 0.2) is 24.3 Å². The number of aryl methyl sites for hydroxylation is 1. The van der Waals surface area contributed by atoms with E-state index in [0.29, 0.717) is 16.5 Å². The van der Waals surface area contributed by atoms with Gasteiger partial charge in [-0.05, 0) is 50.0 Å². The fourth-order valence-corrected chi connectivity index (χ4v) is 1.97. The monoisotopic (exact) mass is 302 g/mol. The summed E-state index contributed by atoms with van der Waals surface area (Å²) in [4.78, 5) is 11.4. The molecule has 1 atom stereocenters. The number of hydrogen-bond donors (Lipinski definition) is 2. The minimum Gasteiger partial charge on any atom is -0.447 e. The molecular formula is C16H21N3O2. The molecule has 5 nitrogen and oxygen atoms in total. The molecule has 0 spiro atoms. The Bertz CT molecular complexity index is 1190. The largest absolute Gasteiger partial charge is 0.447 e. The molecule has 2 aromatic rings. The molecule has 2 N–H and O–H groups in total. The fourth-order valence-electron chi connectivity index (χ4n) is 1.97. The van der Waals surface area contributed by atoms with Crippen LogP contribution in [0.1, 0.15) is 28.9 Å². The Morgan fingerprint density at radius 3 is 3.29 bits per heavy atom. The Kier molecular flexibility index (Phi) is 1.30. The lowest BCUT2D eigenvalue weighted by Crippen LogP contribution is -2.28. The zero-order valence-electron chi connectivity index (χ0n) is 25.7. The van der Waals surface area contributed by atoms with Gasteiger partial charge in [-0.3, -0.25) is 0 Å². The van der Waals surface area contributed by atoms with Gasteiger partial charge in [-0.1, -0.05) is 6.04 Å². The molecular weight excluding hydrogens is 266 g/mol. The minimum absolute atomic E-state index is 0.222. The standard InChI is InChI=1S/C16H21N3O2/c1-19(2)6-5-12-9-17-15-4-3-11(8-14(12)15)7-13-10-21-16(20)18-13/h3-4,8-9,13,17H,5-7,10H2,1-2H3,(H,18,20)/t13-/m0/s1/i1D3,2D3,3D,4D,5D2,6D2,8D/hD2. The van der Waals surface area contributed by atoms with Gasteiger partial charge in [0.15, 0.2) is 2.82 Å². The average Bonchev–Trinajstić information content (AvgIpc) is 3.21.